The average molecular weight is 850 g/mol. The summed E-state index contributed by atoms with van der Waals surface area (Å²) < 4.78 is 68.9. The van der Waals surface area contributed by atoms with Crippen molar-refractivity contribution < 1.29 is 47.4 Å². The monoisotopic (exact) mass is 849 g/mol. The van der Waals surface area contributed by atoms with E-state index in [9.17, 15) is 0 Å². The number of ether oxygens (including phenoxy) is 10. The van der Waals surface area contributed by atoms with Crippen molar-refractivity contribution in [2.45, 2.75) is 158 Å². The number of fused-ring (bicyclic) bond motifs is 2. The van der Waals surface area contributed by atoms with Crippen LogP contribution >= 0.6 is 0 Å². The van der Waals surface area contributed by atoms with Crippen molar-refractivity contribution >= 4 is 0 Å². The molecule has 3 aliphatic heterocycles. The molecule has 0 amide bonds. The van der Waals surface area contributed by atoms with Gasteiger partial charge in [0, 0.05) is 12.1 Å². The summed E-state index contributed by atoms with van der Waals surface area (Å²) in [5, 5.41) is 4.16. The predicted molar refractivity (Wildman–Crippen MR) is 232 cm³/mol. The number of rotatable bonds is 14. The number of nitrogens with one attached hydrogen (secondary N) is 1. The van der Waals surface area contributed by atoms with Crippen LogP contribution in [0.2, 0.25) is 0 Å². The van der Waals surface area contributed by atoms with Crippen LogP contribution in [0.3, 0.4) is 0 Å². The van der Waals surface area contributed by atoms with Gasteiger partial charge < -0.3 is 52.7 Å². The summed E-state index contributed by atoms with van der Waals surface area (Å²) in [6.07, 6.45) is -2.03. The predicted octanol–water partition coefficient (Wildman–Crippen LogP) is 8.03. The molecule has 5 fully saturated rings. The Morgan fingerprint density at radius 1 is 0.468 bits per heavy atom. The fourth-order valence-corrected chi connectivity index (χ4v) is 10.2. The van der Waals surface area contributed by atoms with Crippen LogP contribution in [0.5, 0.6) is 0 Å². The first-order chi connectivity index (χ1) is 29.8. The third-order valence-corrected chi connectivity index (χ3v) is 12.8. The smallest absolute Gasteiger partial charge is 0.164 e. The van der Waals surface area contributed by atoms with E-state index in [2.05, 4.69) is 53.8 Å². The summed E-state index contributed by atoms with van der Waals surface area (Å²) in [5.74, 6) is -2.57. The Balaban J connectivity index is 1.12. The Hall–Kier alpha value is -3.56. The Bertz CT molecular complexity index is 2050. The van der Waals surface area contributed by atoms with Gasteiger partial charge in [0.05, 0.1) is 39.6 Å². The third kappa shape index (κ3) is 9.60. The molecule has 2 saturated carbocycles. The van der Waals surface area contributed by atoms with Crippen molar-refractivity contribution in [3.8, 4) is 0 Å². The zero-order valence-corrected chi connectivity index (χ0v) is 36.9. The number of benzene rings is 4. The van der Waals surface area contributed by atoms with E-state index in [1.54, 1.807) is 0 Å². The van der Waals surface area contributed by atoms with Gasteiger partial charge >= 0.3 is 0 Å². The quantitative estimate of drug-likeness (QED) is 0.134. The normalized spacial score (nSPS) is 34.4. The minimum Gasteiger partial charge on any atom is -0.369 e. The summed E-state index contributed by atoms with van der Waals surface area (Å²) in [6.45, 7) is 13.9. The minimum absolute atomic E-state index is 0.303. The molecule has 0 bridgehead atoms. The Morgan fingerprint density at radius 2 is 0.871 bits per heavy atom. The Labute approximate surface area is 366 Å². The Kier molecular flexibility index (Phi) is 12.5. The molecule has 0 radical (unpaired) electrons. The summed E-state index contributed by atoms with van der Waals surface area (Å²) in [5.41, 5.74) is 2.48. The highest BCUT2D eigenvalue weighted by atomic mass is 16.8. The summed E-state index contributed by atoms with van der Waals surface area (Å²) >= 11 is 0. The van der Waals surface area contributed by atoms with Crippen molar-refractivity contribution in [2.24, 2.45) is 0 Å². The van der Waals surface area contributed by atoms with Gasteiger partial charge in [0.15, 0.2) is 17.4 Å². The van der Waals surface area contributed by atoms with Gasteiger partial charge in [-0.25, -0.2) is 0 Å². The van der Waals surface area contributed by atoms with Gasteiger partial charge in [0.1, 0.15) is 47.8 Å². The lowest BCUT2D eigenvalue weighted by Gasteiger charge is -2.53. The van der Waals surface area contributed by atoms with Crippen LogP contribution in [-0.2, 0) is 73.8 Å². The molecule has 10 atom stereocenters. The highest BCUT2D eigenvalue weighted by molar-refractivity contribution is 5.20. The zero-order chi connectivity index (χ0) is 43.0. The second-order valence-corrected chi connectivity index (χ2v) is 19.0. The highest BCUT2D eigenvalue weighted by Gasteiger charge is 2.67. The molecule has 0 aromatic heterocycles. The van der Waals surface area contributed by atoms with Crippen LogP contribution in [0.25, 0.3) is 0 Å². The Morgan fingerprint density at radius 3 is 1.34 bits per heavy atom. The molecule has 11 heteroatoms. The van der Waals surface area contributed by atoms with Crippen LogP contribution in [-0.4, -0.2) is 90.5 Å². The van der Waals surface area contributed by atoms with E-state index < -0.39 is 65.2 Å². The molecule has 11 nitrogen and oxygen atoms in total. The second kappa shape index (κ2) is 17.8. The lowest BCUT2D eigenvalue weighted by Crippen LogP contribution is -2.72. The molecule has 2 aliphatic carbocycles. The largest absolute Gasteiger partial charge is 0.369 e. The molecule has 5 aliphatic rings. The van der Waals surface area contributed by atoms with E-state index in [1.165, 1.54) is 0 Å². The molecule has 4 aromatic rings. The highest BCUT2D eigenvalue weighted by Crippen LogP contribution is 2.51. The van der Waals surface area contributed by atoms with Gasteiger partial charge in [0.25, 0.3) is 0 Å². The topological polar surface area (TPSA) is 104 Å². The lowest BCUT2D eigenvalue weighted by atomic mass is 9.73. The van der Waals surface area contributed by atoms with E-state index >= 15 is 0 Å². The summed E-state index contributed by atoms with van der Waals surface area (Å²) in [6, 6.07) is 40.3. The van der Waals surface area contributed by atoms with Gasteiger partial charge in [-0.3, -0.25) is 0 Å². The van der Waals surface area contributed by atoms with Crippen molar-refractivity contribution in [2.75, 3.05) is 13.2 Å². The molecular weight excluding hydrogens is 787 g/mol. The molecule has 3 saturated heterocycles. The molecule has 62 heavy (non-hydrogen) atoms. The molecule has 4 aromatic carbocycles. The molecule has 0 unspecified atom stereocenters. The van der Waals surface area contributed by atoms with Gasteiger partial charge in [-0.1, -0.05) is 121 Å². The first kappa shape index (κ1) is 43.7. The zero-order valence-electron chi connectivity index (χ0n) is 36.9. The van der Waals surface area contributed by atoms with E-state index in [0.29, 0.717) is 52.5 Å². The first-order valence-electron chi connectivity index (χ1n) is 22.2. The average Bonchev–Trinajstić information content (AvgIpc) is 3.88. The van der Waals surface area contributed by atoms with E-state index in [4.69, 9.17) is 47.4 Å². The molecular formula is C51H63NO10. The molecule has 2 spiro atoms. The van der Waals surface area contributed by atoms with Crippen molar-refractivity contribution in [3.05, 3.63) is 144 Å². The van der Waals surface area contributed by atoms with Crippen molar-refractivity contribution in [1.29, 1.82) is 0 Å². The maximum absolute atomic E-state index is 7.18. The summed E-state index contributed by atoms with van der Waals surface area (Å²) in [4.78, 5) is 0. The molecule has 1 N–H and O–H groups in total. The van der Waals surface area contributed by atoms with Crippen LogP contribution in [0.1, 0.15) is 76.6 Å². The number of hydrogen-bond donors (Lipinski definition) is 1. The fraction of sp³-hybridized carbons (Fsp3) is 0.529. The van der Waals surface area contributed by atoms with Crippen LogP contribution in [0.15, 0.2) is 121 Å². The molecule has 3 heterocycles. The third-order valence-electron chi connectivity index (χ3n) is 12.8. The molecule has 9 rings (SSSR count). The minimum atomic E-state index is -0.914. The first-order valence-corrected chi connectivity index (χ1v) is 22.2. The maximum atomic E-state index is 7.18. The van der Waals surface area contributed by atoms with Crippen LogP contribution in [0, 0.1) is 0 Å². The lowest BCUT2D eigenvalue weighted by molar-refractivity contribution is -0.266. The van der Waals surface area contributed by atoms with Gasteiger partial charge in [-0.05, 0) is 76.6 Å². The van der Waals surface area contributed by atoms with Gasteiger partial charge in [0.2, 0.25) is 0 Å². The fourth-order valence-electron chi connectivity index (χ4n) is 10.2. The van der Waals surface area contributed by atoms with Crippen LogP contribution in [0.4, 0.5) is 0 Å². The van der Waals surface area contributed by atoms with Crippen molar-refractivity contribution in [1.82, 2.24) is 5.32 Å². The van der Waals surface area contributed by atoms with E-state index in [-0.39, 0.29) is 12.1 Å². The molecule has 332 valence electrons. The van der Waals surface area contributed by atoms with Gasteiger partial charge in [-0.2, -0.15) is 0 Å². The summed E-state index contributed by atoms with van der Waals surface area (Å²) in [7, 11) is 0. The maximum Gasteiger partial charge on any atom is 0.164 e. The second-order valence-electron chi connectivity index (χ2n) is 19.0. The van der Waals surface area contributed by atoms with Gasteiger partial charge in [-0.15, -0.1) is 0 Å². The standard InChI is InChI=1S/C51H63NO10/c1-47(2)57-33-50(61-47)27-39(52-40-28-51(34-58-48(3,4)62-51)46-44(59-49(5,6)60-46)42(40)54-30-36-21-13-8-14-22-36)41(53-29-35-19-11-7-12-20-35)43(55-31-37-23-15-9-16-24-37)45(50)56-32-38-25-17-10-18-26-38/h7-26,39-46,52H,27-34H2,1-6H3/t39-,40-,41-,42-,43+,44+,45-,46-,50-,51-/m0/s1. The van der Waals surface area contributed by atoms with Crippen molar-refractivity contribution in [3.63, 3.8) is 0 Å². The SMILES string of the molecule is CC1(C)O[C@@H]2[C@@H](OCc3ccccc3)[C@@H](N[C@H]3C[C@]4(COC(C)(C)O4)[C@@H](OCc4ccccc4)[C@H](OCc4ccccc4)[C@H]3OCc3ccccc3)C[C@]3(COC(C)(C)O3)[C@H]2O1. The van der Waals surface area contributed by atoms with E-state index in [0.717, 1.165) is 22.3 Å². The van der Waals surface area contributed by atoms with Crippen LogP contribution < -0.4 is 5.32 Å². The number of hydrogen-bond acceptors (Lipinski definition) is 11. The van der Waals surface area contributed by atoms with E-state index in [1.807, 2.05) is 114 Å².